The van der Waals surface area contributed by atoms with Crippen LogP contribution in [-0.2, 0) is 16.1 Å². The van der Waals surface area contributed by atoms with Crippen molar-refractivity contribution in [1.82, 2.24) is 4.90 Å². The molecule has 126 valence electrons. The van der Waals surface area contributed by atoms with E-state index in [-0.39, 0.29) is 17.8 Å². The van der Waals surface area contributed by atoms with Crippen molar-refractivity contribution in [1.29, 1.82) is 0 Å². The van der Waals surface area contributed by atoms with Crippen LogP contribution in [0.15, 0.2) is 42.5 Å². The number of rotatable bonds is 5. The normalized spacial score (nSPS) is 10.3. The number of halogens is 2. The van der Waals surface area contributed by atoms with Crippen molar-refractivity contribution in [2.24, 2.45) is 0 Å². The number of anilines is 1. The molecule has 0 heterocycles. The second-order valence-electron chi connectivity index (χ2n) is 5.15. The molecule has 1 amide bonds. The molecule has 0 atom stereocenters. The van der Waals surface area contributed by atoms with E-state index in [4.69, 9.17) is 22.1 Å². The third-order valence-electron chi connectivity index (χ3n) is 3.35. The average Bonchev–Trinajstić information content (AvgIpc) is 2.54. The van der Waals surface area contributed by atoms with E-state index in [0.29, 0.717) is 10.6 Å². The van der Waals surface area contributed by atoms with Gasteiger partial charge in [-0.25, -0.2) is 9.18 Å². The average molecular weight is 351 g/mol. The quantitative estimate of drug-likeness (QED) is 0.664. The van der Waals surface area contributed by atoms with Crippen LogP contribution in [0.3, 0.4) is 0 Å². The third kappa shape index (κ3) is 4.45. The summed E-state index contributed by atoms with van der Waals surface area (Å²) in [6.07, 6.45) is 0. The molecule has 0 saturated carbocycles. The summed E-state index contributed by atoms with van der Waals surface area (Å²) in [6.45, 7) is -0.391. The lowest BCUT2D eigenvalue weighted by Crippen LogP contribution is -2.31. The number of likely N-dealkylation sites (N-methyl/N-ethyl adjacent to an activating group) is 1. The summed E-state index contributed by atoms with van der Waals surface area (Å²) >= 11 is 5.76. The predicted octanol–water partition coefficient (Wildman–Crippen LogP) is 2.88. The van der Waals surface area contributed by atoms with Gasteiger partial charge in [-0.15, -0.1) is 0 Å². The predicted molar refractivity (Wildman–Crippen MR) is 89.0 cm³/mol. The van der Waals surface area contributed by atoms with E-state index < -0.39 is 24.3 Å². The zero-order chi connectivity index (χ0) is 17.7. The highest BCUT2D eigenvalue weighted by atomic mass is 35.5. The van der Waals surface area contributed by atoms with Gasteiger partial charge in [0, 0.05) is 29.9 Å². The molecule has 0 saturated heterocycles. The number of nitrogens with two attached hydrogens (primary N) is 1. The lowest BCUT2D eigenvalue weighted by molar-refractivity contribution is -0.133. The van der Waals surface area contributed by atoms with Crippen molar-refractivity contribution in [3.8, 4) is 0 Å². The molecule has 2 N–H and O–H groups in total. The molecule has 2 aromatic rings. The first-order valence-electron chi connectivity index (χ1n) is 7.08. The van der Waals surface area contributed by atoms with Crippen molar-refractivity contribution in [3.05, 3.63) is 64.4 Å². The fourth-order valence-electron chi connectivity index (χ4n) is 2.01. The fraction of sp³-hybridized carbons (Fsp3) is 0.176. The van der Waals surface area contributed by atoms with Gasteiger partial charge in [0.25, 0.3) is 5.91 Å². The third-order valence-corrected chi connectivity index (χ3v) is 3.59. The standard InChI is InChI=1S/C17H16ClFN2O3/c1-21(9-11-4-2-3-5-14(11)19)16(22)10-24-17(23)13-7-6-12(18)8-15(13)20/h2-8H,9-10,20H2,1H3. The Morgan fingerprint density at radius 2 is 1.96 bits per heavy atom. The zero-order valence-corrected chi connectivity index (χ0v) is 13.7. The van der Waals surface area contributed by atoms with E-state index in [1.165, 1.54) is 36.2 Å². The minimum Gasteiger partial charge on any atom is -0.452 e. The number of hydrogen-bond acceptors (Lipinski definition) is 4. The Kier molecular flexibility index (Phi) is 5.76. The van der Waals surface area contributed by atoms with Gasteiger partial charge in [-0.2, -0.15) is 0 Å². The molecule has 0 aliphatic carbocycles. The molecule has 0 radical (unpaired) electrons. The maximum atomic E-state index is 13.6. The van der Waals surface area contributed by atoms with Crippen molar-refractivity contribution >= 4 is 29.2 Å². The molecular weight excluding hydrogens is 335 g/mol. The minimum atomic E-state index is -0.725. The Morgan fingerprint density at radius 3 is 2.62 bits per heavy atom. The van der Waals surface area contributed by atoms with Gasteiger partial charge in [0.05, 0.1) is 5.56 Å². The zero-order valence-electron chi connectivity index (χ0n) is 13.0. The van der Waals surface area contributed by atoms with Crippen LogP contribution in [-0.4, -0.2) is 30.4 Å². The summed E-state index contributed by atoms with van der Waals surface area (Å²) in [5.41, 5.74) is 6.36. The number of benzene rings is 2. The van der Waals surface area contributed by atoms with E-state index in [0.717, 1.165) is 0 Å². The second kappa shape index (κ2) is 7.79. The molecule has 5 nitrogen and oxygen atoms in total. The maximum Gasteiger partial charge on any atom is 0.340 e. The Morgan fingerprint density at radius 1 is 1.25 bits per heavy atom. The fourth-order valence-corrected chi connectivity index (χ4v) is 2.19. The van der Waals surface area contributed by atoms with E-state index in [9.17, 15) is 14.0 Å². The molecule has 0 spiro atoms. The van der Waals surface area contributed by atoms with Gasteiger partial charge >= 0.3 is 5.97 Å². The number of nitrogens with zero attached hydrogens (tertiary/aromatic N) is 1. The molecule has 0 aliphatic rings. The molecule has 7 heteroatoms. The Hall–Kier alpha value is -2.60. The SMILES string of the molecule is CN(Cc1ccccc1F)C(=O)COC(=O)c1ccc(Cl)cc1N. The summed E-state index contributed by atoms with van der Waals surface area (Å²) in [5.74, 6) is -1.58. The Bertz CT molecular complexity index is 767. The van der Waals surface area contributed by atoms with Gasteiger partial charge in [0.2, 0.25) is 0 Å². The molecule has 0 aromatic heterocycles. The molecule has 2 aromatic carbocycles. The van der Waals surface area contributed by atoms with Gasteiger partial charge < -0.3 is 15.4 Å². The highest BCUT2D eigenvalue weighted by Gasteiger charge is 2.16. The number of nitrogen functional groups attached to an aromatic ring is 1. The minimum absolute atomic E-state index is 0.0755. The lowest BCUT2D eigenvalue weighted by atomic mass is 10.2. The summed E-state index contributed by atoms with van der Waals surface area (Å²) in [7, 11) is 1.50. The van der Waals surface area contributed by atoms with Crippen molar-refractivity contribution in [3.63, 3.8) is 0 Å². The van der Waals surface area contributed by atoms with Crippen LogP contribution in [0, 0.1) is 5.82 Å². The molecule has 0 unspecified atom stereocenters. The maximum absolute atomic E-state index is 13.6. The van der Waals surface area contributed by atoms with Gasteiger partial charge in [0.15, 0.2) is 6.61 Å². The monoisotopic (exact) mass is 350 g/mol. The highest BCUT2D eigenvalue weighted by Crippen LogP contribution is 2.18. The molecule has 0 aliphatic heterocycles. The molecule has 0 bridgehead atoms. The van der Waals surface area contributed by atoms with E-state index >= 15 is 0 Å². The van der Waals surface area contributed by atoms with Crippen molar-refractivity contribution in [2.45, 2.75) is 6.54 Å². The summed E-state index contributed by atoms with van der Waals surface area (Å²) in [6, 6.07) is 10.5. The number of hydrogen-bond donors (Lipinski definition) is 1. The number of amides is 1. The van der Waals surface area contributed by atoms with Crippen LogP contribution >= 0.6 is 11.6 Å². The molecule has 2 rings (SSSR count). The van der Waals surface area contributed by atoms with Crippen LogP contribution in [0.25, 0.3) is 0 Å². The number of carbonyl (C=O) groups is 2. The van der Waals surface area contributed by atoms with Gasteiger partial charge in [0.1, 0.15) is 5.82 Å². The Balaban J connectivity index is 1.92. The van der Waals surface area contributed by atoms with Crippen molar-refractivity contribution in [2.75, 3.05) is 19.4 Å². The van der Waals surface area contributed by atoms with Crippen molar-refractivity contribution < 1.29 is 18.7 Å². The van der Waals surface area contributed by atoms with E-state index in [2.05, 4.69) is 0 Å². The smallest absolute Gasteiger partial charge is 0.340 e. The second-order valence-corrected chi connectivity index (χ2v) is 5.59. The highest BCUT2D eigenvalue weighted by molar-refractivity contribution is 6.31. The van der Waals surface area contributed by atoms with Crippen LogP contribution in [0.5, 0.6) is 0 Å². The first-order valence-corrected chi connectivity index (χ1v) is 7.46. The summed E-state index contributed by atoms with van der Waals surface area (Å²) in [4.78, 5) is 25.2. The van der Waals surface area contributed by atoms with Crippen LogP contribution in [0.2, 0.25) is 5.02 Å². The van der Waals surface area contributed by atoms with E-state index in [1.54, 1.807) is 18.2 Å². The van der Waals surface area contributed by atoms with Crippen LogP contribution < -0.4 is 5.73 Å². The van der Waals surface area contributed by atoms with Gasteiger partial charge in [-0.3, -0.25) is 4.79 Å². The largest absolute Gasteiger partial charge is 0.452 e. The Labute approximate surface area is 143 Å². The first kappa shape index (κ1) is 17.7. The summed E-state index contributed by atoms with van der Waals surface area (Å²) in [5, 5.41) is 0.393. The number of ether oxygens (including phenoxy) is 1. The number of esters is 1. The molecule has 0 fully saturated rings. The van der Waals surface area contributed by atoms with E-state index in [1.807, 2.05) is 0 Å². The number of carbonyl (C=O) groups excluding carboxylic acids is 2. The van der Waals surface area contributed by atoms with Crippen LogP contribution in [0.1, 0.15) is 15.9 Å². The molecular formula is C17H16ClFN2O3. The van der Waals surface area contributed by atoms with Gasteiger partial charge in [-0.1, -0.05) is 29.8 Å². The van der Waals surface area contributed by atoms with Crippen LogP contribution in [0.4, 0.5) is 10.1 Å². The molecule has 24 heavy (non-hydrogen) atoms. The van der Waals surface area contributed by atoms with Gasteiger partial charge in [-0.05, 0) is 24.3 Å². The topological polar surface area (TPSA) is 72.6 Å². The lowest BCUT2D eigenvalue weighted by Gasteiger charge is -2.17. The first-order chi connectivity index (χ1) is 11.4. The summed E-state index contributed by atoms with van der Waals surface area (Å²) < 4.78 is 18.5.